The lowest BCUT2D eigenvalue weighted by atomic mass is 10.1. The van der Waals surface area contributed by atoms with Gasteiger partial charge in [0.25, 0.3) is 0 Å². The summed E-state index contributed by atoms with van der Waals surface area (Å²) in [5.41, 5.74) is 0.0853. The van der Waals surface area contributed by atoms with Crippen molar-refractivity contribution in [2.75, 3.05) is 0 Å². The molecule has 1 aromatic heterocycles. The average molecular weight is 217 g/mol. The summed E-state index contributed by atoms with van der Waals surface area (Å²) in [7, 11) is 0. The van der Waals surface area contributed by atoms with Crippen LogP contribution in [-0.4, -0.2) is 15.9 Å². The molecule has 0 unspecified atom stereocenters. The number of benzene rings is 1. The second-order valence-corrected chi connectivity index (χ2v) is 3.21. The van der Waals surface area contributed by atoms with Crippen molar-refractivity contribution in [3.63, 3.8) is 0 Å². The summed E-state index contributed by atoms with van der Waals surface area (Å²) in [6.07, 6.45) is 1.46. The molecule has 2 rings (SSSR count). The number of carbonyl (C=O) groups excluding carboxylic acids is 1. The zero-order valence-corrected chi connectivity index (χ0v) is 8.22. The van der Waals surface area contributed by atoms with Gasteiger partial charge < -0.3 is 5.11 Å². The van der Waals surface area contributed by atoms with Gasteiger partial charge in [-0.1, -0.05) is 6.07 Å². The third kappa shape index (κ3) is 1.91. The summed E-state index contributed by atoms with van der Waals surface area (Å²) >= 11 is 0. The van der Waals surface area contributed by atoms with Gasteiger partial charge >= 0.3 is 0 Å². The van der Waals surface area contributed by atoms with E-state index >= 15 is 0 Å². The number of hydrogen-bond acceptors (Lipinski definition) is 3. The molecule has 0 aliphatic carbocycles. The molecule has 0 atom stereocenters. The van der Waals surface area contributed by atoms with Gasteiger partial charge in [-0.05, 0) is 30.3 Å². The fourth-order valence-corrected chi connectivity index (χ4v) is 1.33. The second-order valence-electron chi connectivity index (χ2n) is 3.21. The number of aromatic nitrogens is 1. The number of halogens is 1. The number of rotatable bonds is 2. The highest BCUT2D eigenvalue weighted by molar-refractivity contribution is 6.09. The van der Waals surface area contributed by atoms with Gasteiger partial charge in [0.05, 0.1) is 5.56 Å². The van der Waals surface area contributed by atoms with E-state index in [0.29, 0.717) is 0 Å². The molecule has 2 aromatic rings. The standard InChI is InChI=1S/C12H8FNO2/c13-8-4-5-11(15)9(7-8)12(16)10-3-1-2-6-14-10/h1-7,15H. The summed E-state index contributed by atoms with van der Waals surface area (Å²) in [5.74, 6) is -1.33. The Morgan fingerprint density at radius 2 is 2.06 bits per heavy atom. The fourth-order valence-electron chi connectivity index (χ4n) is 1.33. The molecule has 16 heavy (non-hydrogen) atoms. The first-order valence-electron chi connectivity index (χ1n) is 4.63. The van der Waals surface area contributed by atoms with Crippen LogP contribution in [0.4, 0.5) is 4.39 Å². The van der Waals surface area contributed by atoms with Crippen molar-refractivity contribution in [2.24, 2.45) is 0 Å². The SMILES string of the molecule is O=C(c1ccccn1)c1cc(F)ccc1O. The van der Waals surface area contributed by atoms with Crippen LogP contribution in [0.5, 0.6) is 5.75 Å². The molecular formula is C12H8FNO2. The van der Waals surface area contributed by atoms with E-state index < -0.39 is 11.6 Å². The smallest absolute Gasteiger partial charge is 0.215 e. The number of ketones is 1. The highest BCUT2D eigenvalue weighted by Crippen LogP contribution is 2.20. The van der Waals surface area contributed by atoms with Gasteiger partial charge in [0, 0.05) is 6.20 Å². The van der Waals surface area contributed by atoms with Crippen LogP contribution in [-0.2, 0) is 0 Å². The van der Waals surface area contributed by atoms with Gasteiger partial charge in [0.1, 0.15) is 17.3 Å². The van der Waals surface area contributed by atoms with E-state index in [1.165, 1.54) is 12.3 Å². The minimum atomic E-state index is -0.572. The Balaban J connectivity index is 2.46. The Labute approximate surface area is 91.2 Å². The van der Waals surface area contributed by atoms with Gasteiger partial charge in [0.15, 0.2) is 0 Å². The number of carbonyl (C=O) groups is 1. The number of aromatic hydroxyl groups is 1. The lowest BCUT2D eigenvalue weighted by molar-refractivity contribution is 0.103. The van der Waals surface area contributed by atoms with E-state index in [9.17, 15) is 14.3 Å². The lowest BCUT2D eigenvalue weighted by Crippen LogP contribution is -2.04. The first-order valence-corrected chi connectivity index (χ1v) is 4.63. The largest absolute Gasteiger partial charge is 0.507 e. The maximum absolute atomic E-state index is 12.9. The molecule has 4 heteroatoms. The molecule has 0 spiro atoms. The number of pyridine rings is 1. The van der Waals surface area contributed by atoms with Gasteiger partial charge in [-0.25, -0.2) is 4.39 Å². The summed E-state index contributed by atoms with van der Waals surface area (Å²) in [6.45, 7) is 0. The fraction of sp³-hybridized carbons (Fsp3) is 0. The minimum absolute atomic E-state index is 0.0845. The highest BCUT2D eigenvalue weighted by Gasteiger charge is 2.14. The molecule has 1 aromatic carbocycles. The third-order valence-electron chi connectivity index (χ3n) is 2.10. The number of phenols is 1. The lowest BCUT2D eigenvalue weighted by Gasteiger charge is -2.02. The number of phenolic OH excluding ortho intramolecular Hbond substituents is 1. The number of hydrogen-bond donors (Lipinski definition) is 1. The molecule has 0 aliphatic heterocycles. The normalized spacial score (nSPS) is 10.1. The van der Waals surface area contributed by atoms with Crippen molar-refractivity contribution >= 4 is 5.78 Å². The van der Waals surface area contributed by atoms with E-state index in [-0.39, 0.29) is 17.0 Å². The molecule has 80 valence electrons. The Morgan fingerprint density at radius 3 is 2.75 bits per heavy atom. The molecule has 0 saturated heterocycles. The molecule has 0 bridgehead atoms. The number of nitrogens with zero attached hydrogens (tertiary/aromatic N) is 1. The Hall–Kier alpha value is -2.23. The van der Waals surface area contributed by atoms with Crippen LogP contribution in [0.2, 0.25) is 0 Å². The first kappa shape index (κ1) is 10.3. The monoisotopic (exact) mass is 217 g/mol. The van der Waals surface area contributed by atoms with Crippen LogP contribution >= 0.6 is 0 Å². The van der Waals surface area contributed by atoms with Gasteiger partial charge in [-0.3, -0.25) is 9.78 Å². The predicted octanol–water partition coefficient (Wildman–Crippen LogP) is 2.16. The van der Waals surface area contributed by atoms with Crippen molar-refractivity contribution in [1.29, 1.82) is 0 Å². The van der Waals surface area contributed by atoms with Gasteiger partial charge in [0.2, 0.25) is 5.78 Å². The van der Waals surface area contributed by atoms with Crippen LogP contribution in [0.15, 0.2) is 42.6 Å². The molecule has 0 aliphatic rings. The van der Waals surface area contributed by atoms with Crippen LogP contribution in [0.25, 0.3) is 0 Å². The molecule has 0 radical (unpaired) electrons. The van der Waals surface area contributed by atoms with Crippen molar-refractivity contribution in [1.82, 2.24) is 4.98 Å². The first-order chi connectivity index (χ1) is 7.68. The van der Waals surface area contributed by atoms with E-state index in [1.54, 1.807) is 12.1 Å². The summed E-state index contributed by atoms with van der Waals surface area (Å²) in [5, 5.41) is 9.45. The predicted molar refractivity (Wildman–Crippen MR) is 55.7 cm³/mol. The van der Waals surface area contributed by atoms with E-state index in [1.807, 2.05) is 0 Å². The molecule has 3 nitrogen and oxygen atoms in total. The highest BCUT2D eigenvalue weighted by atomic mass is 19.1. The third-order valence-corrected chi connectivity index (χ3v) is 2.10. The molecule has 1 heterocycles. The maximum Gasteiger partial charge on any atom is 0.215 e. The Morgan fingerprint density at radius 1 is 1.25 bits per heavy atom. The Kier molecular flexibility index (Phi) is 2.64. The Bertz CT molecular complexity index is 526. The van der Waals surface area contributed by atoms with Crippen LogP contribution < -0.4 is 0 Å². The van der Waals surface area contributed by atoms with Crippen molar-refractivity contribution in [3.05, 3.63) is 59.7 Å². The zero-order chi connectivity index (χ0) is 11.5. The van der Waals surface area contributed by atoms with Crippen LogP contribution in [0.3, 0.4) is 0 Å². The van der Waals surface area contributed by atoms with E-state index in [4.69, 9.17) is 0 Å². The summed E-state index contributed by atoms with van der Waals surface area (Å²) in [6, 6.07) is 8.05. The maximum atomic E-state index is 12.9. The molecule has 0 saturated carbocycles. The topological polar surface area (TPSA) is 50.2 Å². The van der Waals surface area contributed by atoms with Gasteiger partial charge in [-0.15, -0.1) is 0 Å². The van der Waals surface area contributed by atoms with E-state index in [2.05, 4.69) is 4.98 Å². The molecule has 1 N–H and O–H groups in total. The van der Waals surface area contributed by atoms with Gasteiger partial charge in [-0.2, -0.15) is 0 Å². The van der Waals surface area contributed by atoms with Crippen LogP contribution in [0.1, 0.15) is 16.1 Å². The molecular weight excluding hydrogens is 209 g/mol. The zero-order valence-electron chi connectivity index (χ0n) is 8.22. The summed E-state index contributed by atoms with van der Waals surface area (Å²) < 4.78 is 12.9. The van der Waals surface area contributed by atoms with Crippen molar-refractivity contribution in [3.8, 4) is 5.75 Å². The quantitative estimate of drug-likeness (QED) is 0.784. The van der Waals surface area contributed by atoms with E-state index in [0.717, 1.165) is 18.2 Å². The average Bonchev–Trinajstić information content (AvgIpc) is 2.32. The summed E-state index contributed by atoms with van der Waals surface area (Å²) in [4.78, 5) is 15.7. The van der Waals surface area contributed by atoms with Crippen molar-refractivity contribution in [2.45, 2.75) is 0 Å². The van der Waals surface area contributed by atoms with Crippen molar-refractivity contribution < 1.29 is 14.3 Å². The van der Waals surface area contributed by atoms with Crippen LogP contribution in [0, 0.1) is 5.82 Å². The molecule has 0 fully saturated rings. The molecule has 0 amide bonds. The minimum Gasteiger partial charge on any atom is -0.507 e. The second kappa shape index (κ2) is 4.10.